The molecule has 0 aliphatic carbocycles. The zero-order chi connectivity index (χ0) is 17.3. The summed E-state index contributed by atoms with van der Waals surface area (Å²) in [6.07, 6.45) is 0.876. The average Bonchev–Trinajstić information content (AvgIpc) is 2.88. The quantitative estimate of drug-likeness (QED) is 0.335. The van der Waals surface area contributed by atoms with E-state index in [0.717, 1.165) is 32.6 Å². The number of thiophene rings is 1. The molecule has 0 radical (unpaired) electrons. The molecule has 0 atom stereocenters. The van der Waals surface area contributed by atoms with Gasteiger partial charge in [-0.2, -0.15) is 0 Å². The topological polar surface area (TPSA) is 61.3 Å². The Labute approximate surface area is 153 Å². The van der Waals surface area contributed by atoms with Crippen molar-refractivity contribution < 1.29 is 14.3 Å². The van der Waals surface area contributed by atoms with Crippen molar-refractivity contribution in [1.82, 2.24) is 9.97 Å². The molecule has 2 aromatic rings. The third-order valence-electron chi connectivity index (χ3n) is 3.68. The first-order chi connectivity index (χ1) is 11.4. The second kappa shape index (κ2) is 7.19. The van der Waals surface area contributed by atoms with Crippen LogP contribution in [0.15, 0.2) is 10.2 Å². The number of rotatable bonds is 5. The van der Waals surface area contributed by atoms with Crippen LogP contribution in [0.1, 0.15) is 31.2 Å². The van der Waals surface area contributed by atoms with E-state index in [1.807, 2.05) is 0 Å². The lowest BCUT2D eigenvalue weighted by atomic mass is 9.98. The molecule has 1 aliphatic rings. The molecule has 3 rings (SSSR count). The number of esters is 1. The van der Waals surface area contributed by atoms with Crippen LogP contribution in [0.4, 0.5) is 0 Å². The van der Waals surface area contributed by atoms with Crippen LogP contribution in [0, 0.1) is 0 Å². The Morgan fingerprint density at radius 1 is 1.38 bits per heavy atom. The zero-order valence-electron chi connectivity index (χ0n) is 14.2. The molecule has 0 saturated carbocycles. The smallest absolute Gasteiger partial charge is 0.316 e. The molecule has 0 saturated heterocycles. The maximum Gasteiger partial charge on any atom is 0.316 e. The number of fused-ring (bicyclic) bond motifs is 3. The highest BCUT2D eigenvalue weighted by Crippen LogP contribution is 2.42. The van der Waals surface area contributed by atoms with Crippen LogP contribution in [-0.4, -0.2) is 40.2 Å². The Morgan fingerprint density at radius 2 is 2.17 bits per heavy atom. The highest BCUT2D eigenvalue weighted by atomic mass is 32.2. The van der Waals surface area contributed by atoms with Crippen molar-refractivity contribution in [2.75, 3.05) is 18.6 Å². The Hall–Kier alpha value is -0.830. The highest BCUT2D eigenvalue weighted by molar-refractivity contribution is 8.00. The summed E-state index contributed by atoms with van der Waals surface area (Å²) in [5, 5.41) is 1.61. The minimum absolute atomic E-state index is 0.151. The van der Waals surface area contributed by atoms with Crippen molar-refractivity contribution in [2.24, 2.45) is 0 Å². The van der Waals surface area contributed by atoms with Gasteiger partial charge in [-0.25, -0.2) is 9.97 Å². The maximum absolute atomic E-state index is 11.5. The SMILES string of the molecule is CCSc1nc(SCC(=O)OC)c2sc3c(c2n1)COC(C)(C)C3. The fourth-order valence-electron chi connectivity index (χ4n) is 2.50. The summed E-state index contributed by atoms with van der Waals surface area (Å²) in [4.78, 5) is 22.2. The summed E-state index contributed by atoms with van der Waals surface area (Å²) in [6.45, 7) is 6.87. The predicted molar refractivity (Wildman–Crippen MR) is 99.1 cm³/mol. The zero-order valence-corrected chi connectivity index (χ0v) is 16.6. The Bertz CT molecular complexity index is 774. The molecule has 0 N–H and O–H groups in total. The Kier molecular flexibility index (Phi) is 5.39. The lowest BCUT2D eigenvalue weighted by Gasteiger charge is -2.29. The minimum Gasteiger partial charge on any atom is -0.468 e. The van der Waals surface area contributed by atoms with Gasteiger partial charge in [0.2, 0.25) is 0 Å². The largest absolute Gasteiger partial charge is 0.468 e. The van der Waals surface area contributed by atoms with Gasteiger partial charge in [0.1, 0.15) is 5.03 Å². The second-order valence-electron chi connectivity index (χ2n) is 6.02. The van der Waals surface area contributed by atoms with Crippen LogP contribution in [0.5, 0.6) is 0 Å². The third-order valence-corrected chi connectivity index (χ3v) is 6.72. The monoisotopic (exact) mass is 384 g/mol. The van der Waals surface area contributed by atoms with Gasteiger partial charge in [-0.1, -0.05) is 30.4 Å². The van der Waals surface area contributed by atoms with Gasteiger partial charge in [-0.15, -0.1) is 11.3 Å². The van der Waals surface area contributed by atoms with Crippen LogP contribution in [0.3, 0.4) is 0 Å². The molecule has 0 amide bonds. The summed E-state index contributed by atoms with van der Waals surface area (Å²) < 4.78 is 11.8. The standard InChI is InChI=1S/C16H20N2O3S3/c1-5-22-15-17-12-9-7-21-16(2,3)6-10(9)24-13(12)14(18-15)23-8-11(19)20-4/h5-8H2,1-4H3. The van der Waals surface area contributed by atoms with Crippen molar-refractivity contribution in [3.05, 3.63) is 10.4 Å². The molecule has 2 aromatic heterocycles. The van der Waals surface area contributed by atoms with E-state index in [0.29, 0.717) is 6.61 Å². The molecule has 1 aliphatic heterocycles. The summed E-state index contributed by atoms with van der Waals surface area (Å²) >= 11 is 4.75. The van der Waals surface area contributed by atoms with Crippen molar-refractivity contribution in [1.29, 1.82) is 0 Å². The predicted octanol–water partition coefficient (Wildman–Crippen LogP) is 3.92. The van der Waals surface area contributed by atoms with Crippen molar-refractivity contribution in [3.63, 3.8) is 0 Å². The van der Waals surface area contributed by atoms with Crippen molar-refractivity contribution >= 4 is 51.0 Å². The van der Waals surface area contributed by atoms with Gasteiger partial charge >= 0.3 is 5.97 Å². The van der Waals surface area contributed by atoms with Crippen molar-refractivity contribution in [3.8, 4) is 0 Å². The molecule has 0 unspecified atom stereocenters. The van der Waals surface area contributed by atoms with Crippen molar-refractivity contribution in [2.45, 2.75) is 49.6 Å². The Morgan fingerprint density at radius 3 is 2.88 bits per heavy atom. The summed E-state index contributed by atoms with van der Waals surface area (Å²) in [5.41, 5.74) is 2.00. The molecule has 0 spiro atoms. The Balaban J connectivity index is 2.05. The molecule has 5 nitrogen and oxygen atoms in total. The van der Waals surface area contributed by atoms with Gasteiger partial charge in [0.05, 0.1) is 35.3 Å². The van der Waals surface area contributed by atoms with Crippen LogP contribution >= 0.6 is 34.9 Å². The van der Waals surface area contributed by atoms with Gasteiger partial charge in [-0.05, 0) is 19.6 Å². The van der Waals surface area contributed by atoms with E-state index < -0.39 is 0 Å². The highest BCUT2D eigenvalue weighted by Gasteiger charge is 2.30. The van der Waals surface area contributed by atoms with Gasteiger partial charge in [0.25, 0.3) is 0 Å². The number of nitrogens with zero attached hydrogens (tertiary/aromatic N) is 2. The van der Waals surface area contributed by atoms with Crippen LogP contribution in [0.25, 0.3) is 10.2 Å². The molecule has 0 bridgehead atoms. The van der Waals surface area contributed by atoms with Gasteiger partial charge < -0.3 is 9.47 Å². The van der Waals surface area contributed by atoms with Crippen LogP contribution in [0.2, 0.25) is 0 Å². The van der Waals surface area contributed by atoms with Crippen LogP contribution < -0.4 is 0 Å². The van der Waals surface area contributed by atoms with E-state index in [1.54, 1.807) is 23.1 Å². The van der Waals surface area contributed by atoms with E-state index in [-0.39, 0.29) is 17.3 Å². The van der Waals surface area contributed by atoms with Crippen LogP contribution in [-0.2, 0) is 27.3 Å². The van der Waals surface area contributed by atoms with E-state index in [9.17, 15) is 4.79 Å². The molecular weight excluding hydrogens is 364 g/mol. The molecule has 130 valence electrons. The molecule has 0 aromatic carbocycles. The number of hydrogen-bond acceptors (Lipinski definition) is 8. The van der Waals surface area contributed by atoms with Gasteiger partial charge in [0, 0.05) is 16.9 Å². The van der Waals surface area contributed by atoms with E-state index in [4.69, 9.17) is 14.5 Å². The number of aromatic nitrogens is 2. The molecule has 3 heterocycles. The molecule has 0 fully saturated rings. The first-order valence-electron chi connectivity index (χ1n) is 7.72. The number of ether oxygens (including phenoxy) is 2. The summed E-state index contributed by atoms with van der Waals surface area (Å²) in [5.74, 6) is 0.911. The van der Waals surface area contributed by atoms with Gasteiger partial charge in [0.15, 0.2) is 5.16 Å². The fourth-order valence-corrected chi connectivity index (χ4v) is 5.52. The molecular formula is C16H20N2O3S3. The number of thioether (sulfide) groups is 2. The number of methoxy groups -OCH3 is 1. The summed E-state index contributed by atoms with van der Waals surface area (Å²) in [7, 11) is 1.40. The average molecular weight is 385 g/mol. The molecule has 24 heavy (non-hydrogen) atoms. The second-order valence-corrected chi connectivity index (χ2v) is 9.32. The van der Waals surface area contributed by atoms with Gasteiger partial charge in [-0.3, -0.25) is 4.79 Å². The minimum atomic E-state index is -0.248. The molecule has 8 heteroatoms. The first-order valence-corrected chi connectivity index (χ1v) is 10.5. The maximum atomic E-state index is 11.5. The lowest BCUT2D eigenvalue weighted by Crippen LogP contribution is -2.30. The first kappa shape index (κ1) is 18.0. The van der Waals surface area contributed by atoms with E-state index in [1.165, 1.54) is 29.3 Å². The third kappa shape index (κ3) is 3.71. The lowest BCUT2D eigenvalue weighted by molar-refractivity contribution is -0.137. The van der Waals surface area contributed by atoms with E-state index >= 15 is 0 Å². The normalized spacial score (nSPS) is 16.2. The number of hydrogen-bond donors (Lipinski definition) is 0. The number of carbonyl (C=O) groups is 1. The van der Waals surface area contributed by atoms with E-state index in [2.05, 4.69) is 25.8 Å². The fraction of sp³-hybridized carbons (Fsp3) is 0.562. The number of carbonyl (C=O) groups excluding carboxylic acids is 1. The summed E-state index contributed by atoms with van der Waals surface area (Å²) in [6, 6.07) is 0.